The minimum atomic E-state index is -5.02. The van der Waals surface area contributed by atoms with Gasteiger partial charge in [0.2, 0.25) is 0 Å². The molecule has 2 aromatic rings. The van der Waals surface area contributed by atoms with Crippen LogP contribution in [0.4, 0.5) is 12.9 Å². The van der Waals surface area contributed by atoms with E-state index in [4.69, 9.17) is 11.6 Å². The van der Waals surface area contributed by atoms with Crippen molar-refractivity contribution >= 4 is 34.8 Å². The highest BCUT2D eigenvalue weighted by atomic mass is 35.5. The van der Waals surface area contributed by atoms with Gasteiger partial charge in [0.05, 0.1) is 0 Å². The number of benzene rings is 1. The van der Waals surface area contributed by atoms with Crippen molar-refractivity contribution in [3.8, 4) is 0 Å². The number of halogens is 4. The van der Waals surface area contributed by atoms with Crippen molar-refractivity contribution in [3.05, 3.63) is 35.6 Å². The van der Waals surface area contributed by atoms with Crippen molar-refractivity contribution < 1.29 is 12.9 Å². The van der Waals surface area contributed by atoms with Crippen LogP contribution in [0.1, 0.15) is 0 Å². The van der Waals surface area contributed by atoms with E-state index in [0.717, 1.165) is 6.07 Å². The molecule has 1 nitrogen and oxygen atoms in total. The van der Waals surface area contributed by atoms with Gasteiger partial charge in [0, 0.05) is 6.20 Å². The van der Waals surface area contributed by atoms with Gasteiger partial charge in [0.15, 0.2) is 0 Å². The molecule has 0 fully saturated rings. The molecular weight excluding hydrogens is 225 g/mol. The van der Waals surface area contributed by atoms with Crippen LogP contribution in [0.2, 0.25) is 5.15 Å². The lowest BCUT2D eigenvalue weighted by atomic mass is 9.77. The third-order valence-corrected chi connectivity index (χ3v) is 2.32. The lowest BCUT2D eigenvalue weighted by Crippen LogP contribution is -2.34. The molecule has 0 unspecified atom stereocenters. The second-order valence-electron chi connectivity index (χ2n) is 3.15. The average molecular weight is 230 g/mol. The Morgan fingerprint density at radius 1 is 1.20 bits per heavy atom. The number of pyridine rings is 1. The van der Waals surface area contributed by atoms with Crippen molar-refractivity contribution in [3.63, 3.8) is 0 Å². The van der Waals surface area contributed by atoms with Crippen molar-refractivity contribution in [1.29, 1.82) is 0 Å². The molecule has 0 aliphatic carbocycles. The van der Waals surface area contributed by atoms with Crippen molar-refractivity contribution in [2.75, 3.05) is 0 Å². The fourth-order valence-electron chi connectivity index (χ4n) is 1.45. The molecule has 0 saturated carbocycles. The molecule has 0 aliphatic rings. The van der Waals surface area contributed by atoms with Gasteiger partial charge in [0.1, 0.15) is 5.15 Å². The van der Waals surface area contributed by atoms with Gasteiger partial charge in [-0.15, -0.1) is 5.46 Å². The van der Waals surface area contributed by atoms with E-state index >= 15 is 0 Å². The Balaban J connectivity index is 2.80. The van der Waals surface area contributed by atoms with E-state index in [0.29, 0.717) is 5.39 Å². The molecule has 0 amide bonds. The van der Waals surface area contributed by atoms with Crippen molar-refractivity contribution in [2.45, 2.75) is 0 Å². The minimum absolute atomic E-state index is 0.0648. The zero-order chi connectivity index (χ0) is 11.1. The predicted molar refractivity (Wildman–Crippen MR) is 55.5 cm³/mol. The first-order valence-corrected chi connectivity index (χ1v) is 4.60. The fraction of sp³-hybridized carbons (Fsp3) is 0. The number of fused-ring (bicyclic) bond motifs is 1. The van der Waals surface area contributed by atoms with Gasteiger partial charge in [-0.1, -0.05) is 29.8 Å². The number of nitrogens with zero attached hydrogens (tertiary/aromatic N) is 1. The molecule has 0 saturated heterocycles. The molecule has 6 heteroatoms. The Bertz CT molecular complexity index is 512. The second kappa shape index (κ2) is 3.41. The summed E-state index contributed by atoms with van der Waals surface area (Å²) in [6.45, 7) is -5.02. The smallest absolute Gasteiger partial charge is 0.445 e. The Morgan fingerprint density at radius 3 is 2.60 bits per heavy atom. The van der Waals surface area contributed by atoms with E-state index in [9.17, 15) is 12.9 Å². The van der Waals surface area contributed by atoms with E-state index in [2.05, 4.69) is 4.98 Å². The van der Waals surface area contributed by atoms with Crippen molar-refractivity contribution in [1.82, 2.24) is 4.98 Å². The Labute approximate surface area is 88.9 Å². The average Bonchev–Trinajstić information content (AvgIpc) is 2.15. The molecule has 2 rings (SSSR count). The van der Waals surface area contributed by atoms with Crippen LogP contribution in [0.5, 0.6) is 0 Å². The van der Waals surface area contributed by atoms with E-state index in [1.165, 1.54) is 18.3 Å². The summed E-state index contributed by atoms with van der Waals surface area (Å²) in [5, 5.41) is 0.608. The Kier molecular flexibility index (Phi) is 2.34. The van der Waals surface area contributed by atoms with Crippen molar-refractivity contribution in [2.24, 2.45) is 0 Å². The zero-order valence-corrected chi connectivity index (χ0v) is 8.18. The first kappa shape index (κ1) is 10.3. The molecule has 0 radical (unpaired) electrons. The zero-order valence-electron chi connectivity index (χ0n) is 7.42. The molecule has 1 aromatic heterocycles. The van der Waals surface area contributed by atoms with Crippen LogP contribution < -0.4 is 5.46 Å². The fourth-order valence-corrected chi connectivity index (χ4v) is 1.61. The number of hydrogen-bond acceptors (Lipinski definition) is 1. The molecule has 0 bridgehead atoms. The first-order chi connectivity index (χ1) is 6.98. The lowest BCUT2D eigenvalue weighted by molar-refractivity contribution is 0.502. The maximum atomic E-state index is 12.6. The Hall–Kier alpha value is -1.23. The standard InChI is InChI=1S/C9H5BClF3N/c11-9-4-7-6(5-15-9)2-1-3-8(7)10(12,13)14/h1-5H/q-1. The highest BCUT2D eigenvalue weighted by Gasteiger charge is 2.27. The molecule has 0 atom stereocenters. The summed E-state index contributed by atoms with van der Waals surface area (Å²) in [5.74, 6) is 0. The van der Waals surface area contributed by atoms with Gasteiger partial charge in [-0.05, 0) is 16.8 Å². The van der Waals surface area contributed by atoms with Gasteiger partial charge in [-0.3, -0.25) is 0 Å². The molecule has 15 heavy (non-hydrogen) atoms. The Morgan fingerprint density at radius 2 is 1.93 bits per heavy atom. The van der Waals surface area contributed by atoms with Crippen LogP contribution in [-0.4, -0.2) is 12.0 Å². The third kappa shape index (κ3) is 1.92. The normalized spacial score (nSPS) is 12.0. The van der Waals surface area contributed by atoms with Gasteiger partial charge in [-0.25, -0.2) is 4.98 Å². The van der Waals surface area contributed by atoms with Crippen LogP contribution in [0.25, 0.3) is 10.8 Å². The second-order valence-corrected chi connectivity index (χ2v) is 3.54. The van der Waals surface area contributed by atoms with Gasteiger partial charge < -0.3 is 12.9 Å². The quantitative estimate of drug-likeness (QED) is 0.542. The van der Waals surface area contributed by atoms with Crippen LogP contribution in [-0.2, 0) is 0 Å². The number of aromatic nitrogens is 1. The van der Waals surface area contributed by atoms with E-state index in [1.54, 1.807) is 6.07 Å². The summed E-state index contributed by atoms with van der Waals surface area (Å²) < 4.78 is 37.9. The molecule has 78 valence electrons. The highest BCUT2D eigenvalue weighted by molar-refractivity contribution is 6.76. The maximum Gasteiger partial charge on any atom is 0.510 e. The van der Waals surface area contributed by atoms with Crippen LogP contribution in [0.15, 0.2) is 30.5 Å². The molecule has 1 aromatic carbocycles. The molecule has 0 spiro atoms. The summed E-state index contributed by atoms with van der Waals surface area (Å²) in [6, 6.07) is 5.23. The molecule has 0 N–H and O–H groups in total. The van der Waals surface area contributed by atoms with E-state index < -0.39 is 12.4 Å². The van der Waals surface area contributed by atoms with Gasteiger partial charge in [0.25, 0.3) is 0 Å². The predicted octanol–water partition coefficient (Wildman–Crippen LogP) is 2.94. The highest BCUT2D eigenvalue weighted by Crippen LogP contribution is 2.19. The SMILES string of the molecule is F[B-](F)(F)c1cccc2cnc(Cl)cc12. The minimum Gasteiger partial charge on any atom is -0.445 e. The number of hydrogen-bond donors (Lipinski definition) is 0. The maximum absolute atomic E-state index is 12.6. The topological polar surface area (TPSA) is 12.9 Å². The largest absolute Gasteiger partial charge is 0.510 e. The third-order valence-electron chi connectivity index (χ3n) is 2.12. The summed E-state index contributed by atoms with van der Waals surface area (Å²) >= 11 is 5.57. The molecule has 0 aliphatic heterocycles. The lowest BCUT2D eigenvalue weighted by Gasteiger charge is -2.17. The van der Waals surface area contributed by atoms with Gasteiger partial charge >= 0.3 is 6.98 Å². The van der Waals surface area contributed by atoms with Gasteiger partial charge in [-0.2, -0.15) is 0 Å². The van der Waals surface area contributed by atoms with Crippen LogP contribution >= 0.6 is 11.6 Å². The van der Waals surface area contributed by atoms with E-state index in [1.807, 2.05) is 0 Å². The molecule has 1 heterocycles. The molecular formula is C9H5BClF3N-. The summed E-state index contributed by atoms with van der Waals surface area (Å²) in [7, 11) is 0. The van der Waals surface area contributed by atoms with E-state index in [-0.39, 0.29) is 10.5 Å². The summed E-state index contributed by atoms with van der Waals surface area (Å²) in [6.07, 6.45) is 1.34. The van der Waals surface area contributed by atoms with Crippen LogP contribution in [0.3, 0.4) is 0 Å². The number of rotatable bonds is 1. The van der Waals surface area contributed by atoms with Crippen LogP contribution in [0, 0.1) is 0 Å². The monoisotopic (exact) mass is 230 g/mol. The first-order valence-electron chi connectivity index (χ1n) is 4.22. The summed E-state index contributed by atoms with van der Waals surface area (Å²) in [5.41, 5.74) is -0.628. The summed E-state index contributed by atoms with van der Waals surface area (Å²) in [4.78, 5) is 3.74.